The molecule has 0 N–H and O–H groups in total. The van der Waals surface area contributed by atoms with Crippen LogP contribution in [0.1, 0.15) is 44.2 Å². The molecule has 3 atom stereocenters. The van der Waals surface area contributed by atoms with Gasteiger partial charge >= 0.3 is 0 Å². The Hall–Kier alpha value is -1.52. The maximum atomic E-state index is 13.4. The number of rotatable bonds is 3. The van der Waals surface area contributed by atoms with Gasteiger partial charge < -0.3 is 4.90 Å². The van der Waals surface area contributed by atoms with Crippen molar-refractivity contribution < 1.29 is 18.0 Å². The van der Waals surface area contributed by atoms with E-state index in [0.717, 1.165) is 0 Å². The van der Waals surface area contributed by atoms with Gasteiger partial charge in [0.05, 0.1) is 6.04 Å². The van der Waals surface area contributed by atoms with Gasteiger partial charge in [0.15, 0.2) is 0 Å². The minimum absolute atomic E-state index is 0.139. The van der Waals surface area contributed by atoms with Crippen LogP contribution in [0.4, 0.5) is 13.2 Å². The van der Waals surface area contributed by atoms with Crippen LogP contribution in [-0.2, 0) is 4.79 Å². The van der Waals surface area contributed by atoms with Gasteiger partial charge in [-0.2, -0.15) is 0 Å². The Morgan fingerprint density at radius 2 is 2.14 bits per heavy atom. The van der Waals surface area contributed by atoms with Gasteiger partial charge in [-0.25, -0.2) is 13.2 Å². The molecule has 2 unspecified atom stereocenters. The van der Waals surface area contributed by atoms with E-state index in [1.165, 1.54) is 12.1 Å². The minimum Gasteiger partial charge on any atom is -0.332 e. The Morgan fingerprint density at radius 1 is 1.38 bits per heavy atom. The van der Waals surface area contributed by atoms with E-state index in [2.05, 4.69) is 0 Å². The van der Waals surface area contributed by atoms with E-state index in [-0.39, 0.29) is 30.7 Å². The number of alkyl halides is 2. The summed E-state index contributed by atoms with van der Waals surface area (Å²) in [7, 11) is 0. The van der Waals surface area contributed by atoms with Gasteiger partial charge in [0.25, 0.3) is 6.43 Å². The maximum absolute atomic E-state index is 13.4. The second-order valence-corrected chi connectivity index (χ2v) is 6.03. The Labute approximate surface area is 121 Å². The first-order chi connectivity index (χ1) is 9.99. The van der Waals surface area contributed by atoms with E-state index in [9.17, 15) is 18.0 Å². The number of hydrogen-bond acceptors (Lipinski definition) is 1. The largest absolute Gasteiger partial charge is 0.332 e. The lowest BCUT2D eigenvalue weighted by Gasteiger charge is -2.29. The van der Waals surface area contributed by atoms with Gasteiger partial charge in [-0.3, -0.25) is 4.79 Å². The van der Waals surface area contributed by atoms with E-state index in [0.29, 0.717) is 18.4 Å². The molecule has 21 heavy (non-hydrogen) atoms. The second kappa shape index (κ2) is 5.04. The SMILES string of the molecule is CCC1(C(F)F)C[C@H]2CCC(c3cccc(F)c3)N2C1=O. The van der Waals surface area contributed by atoms with E-state index in [4.69, 9.17) is 0 Å². The highest BCUT2D eigenvalue weighted by molar-refractivity contribution is 5.86. The fourth-order valence-corrected chi connectivity index (χ4v) is 3.83. The third-order valence-corrected chi connectivity index (χ3v) is 5.04. The Bertz CT molecular complexity index is 562. The van der Waals surface area contributed by atoms with Crippen molar-refractivity contribution in [3.8, 4) is 0 Å². The molecule has 0 spiro atoms. The van der Waals surface area contributed by atoms with Gasteiger partial charge in [-0.05, 0) is 43.4 Å². The fourth-order valence-electron chi connectivity index (χ4n) is 3.83. The molecule has 3 rings (SSSR count). The molecule has 0 aromatic heterocycles. The number of fused-ring (bicyclic) bond motifs is 1. The van der Waals surface area contributed by atoms with Crippen LogP contribution >= 0.6 is 0 Å². The summed E-state index contributed by atoms with van der Waals surface area (Å²) < 4.78 is 40.3. The molecular formula is C16H18F3NO. The summed E-state index contributed by atoms with van der Waals surface area (Å²) in [5.74, 6) is -0.824. The molecule has 0 saturated carbocycles. The Morgan fingerprint density at radius 3 is 2.76 bits per heavy atom. The standard InChI is InChI=1S/C16H18F3NO/c1-2-16(14(18)19)9-12-6-7-13(20(12)15(16)21)10-4-3-5-11(17)8-10/h3-5,8,12-14H,2,6-7,9H2,1H3/t12-,13?,16?/m1/s1. The van der Waals surface area contributed by atoms with E-state index in [1.54, 1.807) is 24.0 Å². The fraction of sp³-hybridized carbons (Fsp3) is 0.562. The van der Waals surface area contributed by atoms with Crippen LogP contribution in [0.2, 0.25) is 0 Å². The van der Waals surface area contributed by atoms with Gasteiger partial charge in [0, 0.05) is 6.04 Å². The molecule has 2 nitrogen and oxygen atoms in total. The molecule has 2 fully saturated rings. The third kappa shape index (κ3) is 2.05. The Balaban J connectivity index is 1.94. The normalized spacial score (nSPS) is 32.0. The number of carbonyl (C=O) groups is 1. The summed E-state index contributed by atoms with van der Waals surface area (Å²) in [6.07, 6.45) is -0.864. The molecule has 2 saturated heterocycles. The lowest BCUT2D eigenvalue weighted by molar-refractivity contribution is -0.146. The van der Waals surface area contributed by atoms with Gasteiger partial charge in [0.2, 0.25) is 5.91 Å². The number of nitrogens with zero attached hydrogens (tertiary/aromatic N) is 1. The maximum Gasteiger partial charge on any atom is 0.252 e. The van der Waals surface area contributed by atoms with E-state index in [1.807, 2.05) is 0 Å². The first-order valence-corrected chi connectivity index (χ1v) is 7.36. The predicted molar refractivity (Wildman–Crippen MR) is 72.4 cm³/mol. The highest BCUT2D eigenvalue weighted by Crippen LogP contribution is 2.52. The number of hydrogen-bond donors (Lipinski definition) is 0. The molecule has 5 heteroatoms. The van der Waals surface area contributed by atoms with Crippen molar-refractivity contribution in [1.29, 1.82) is 0 Å². The first kappa shape index (κ1) is 14.4. The van der Waals surface area contributed by atoms with Crippen LogP contribution in [0.3, 0.4) is 0 Å². The highest BCUT2D eigenvalue weighted by Gasteiger charge is 2.59. The summed E-state index contributed by atoms with van der Waals surface area (Å²) in [5.41, 5.74) is -0.844. The number of carbonyl (C=O) groups excluding carboxylic acids is 1. The smallest absolute Gasteiger partial charge is 0.252 e. The third-order valence-electron chi connectivity index (χ3n) is 5.04. The van der Waals surface area contributed by atoms with Crippen molar-refractivity contribution in [2.75, 3.05) is 0 Å². The lowest BCUT2D eigenvalue weighted by atomic mass is 9.81. The molecule has 2 heterocycles. The molecule has 1 amide bonds. The average molecular weight is 297 g/mol. The van der Waals surface area contributed by atoms with Crippen molar-refractivity contribution >= 4 is 5.91 Å². The molecule has 0 bridgehead atoms. The topological polar surface area (TPSA) is 20.3 Å². The van der Waals surface area contributed by atoms with Crippen LogP contribution in [-0.4, -0.2) is 23.3 Å². The minimum atomic E-state index is -2.64. The quantitative estimate of drug-likeness (QED) is 0.828. The van der Waals surface area contributed by atoms with Crippen molar-refractivity contribution in [2.45, 2.75) is 51.1 Å². The summed E-state index contributed by atoms with van der Waals surface area (Å²) in [6, 6.07) is 5.69. The van der Waals surface area contributed by atoms with Crippen molar-refractivity contribution in [3.05, 3.63) is 35.6 Å². The zero-order chi connectivity index (χ0) is 15.2. The molecule has 0 radical (unpaired) electrons. The summed E-state index contributed by atoms with van der Waals surface area (Å²) in [6.45, 7) is 1.64. The number of amides is 1. The van der Waals surface area contributed by atoms with Crippen LogP contribution < -0.4 is 0 Å². The molecule has 0 aliphatic carbocycles. The Kier molecular flexibility index (Phi) is 3.46. The average Bonchev–Trinajstić information content (AvgIpc) is 2.98. The predicted octanol–water partition coefficient (Wildman–Crippen LogP) is 3.92. The zero-order valence-corrected chi connectivity index (χ0v) is 11.9. The summed E-state index contributed by atoms with van der Waals surface area (Å²) in [4.78, 5) is 14.2. The molecule has 1 aromatic rings. The van der Waals surface area contributed by atoms with Crippen LogP contribution in [0.5, 0.6) is 0 Å². The molecule has 1 aromatic carbocycles. The second-order valence-electron chi connectivity index (χ2n) is 6.03. The van der Waals surface area contributed by atoms with Crippen LogP contribution in [0, 0.1) is 11.2 Å². The molecule has 2 aliphatic rings. The van der Waals surface area contributed by atoms with Crippen molar-refractivity contribution in [1.82, 2.24) is 4.90 Å². The van der Waals surface area contributed by atoms with Crippen molar-refractivity contribution in [2.24, 2.45) is 5.41 Å². The first-order valence-electron chi connectivity index (χ1n) is 7.36. The van der Waals surface area contributed by atoms with E-state index < -0.39 is 17.7 Å². The van der Waals surface area contributed by atoms with Gasteiger partial charge in [0.1, 0.15) is 11.2 Å². The van der Waals surface area contributed by atoms with Crippen LogP contribution in [0.15, 0.2) is 24.3 Å². The summed E-state index contributed by atoms with van der Waals surface area (Å²) in [5, 5.41) is 0. The van der Waals surface area contributed by atoms with Gasteiger partial charge in [-0.15, -0.1) is 0 Å². The lowest BCUT2D eigenvalue weighted by Crippen LogP contribution is -2.40. The zero-order valence-electron chi connectivity index (χ0n) is 11.9. The molecule has 114 valence electrons. The molecular weight excluding hydrogens is 279 g/mol. The number of halogens is 3. The molecule has 2 aliphatic heterocycles. The highest BCUT2D eigenvalue weighted by atomic mass is 19.3. The van der Waals surface area contributed by atoms with Crippen molar-refractivity contribution in [3.63, 3.8) is 0 Å². The van der Waals surface area contributed by atoms with Gasteiger partial charge in [-0.1, -0.05) is 19.1 Å². The monoisotopic (exact) mass is 297 g/mol. The van der Waals surface area contributed by atoms with Crippen LogP contribution in [0.25, 0.3) is 0 Å². The van der Waals surface area contributed by atoms with E-state index >= 15 is 0 Å². The number of benzene rings is 1. The summed E-state index contributed by atoms with van der Waals surface area (Å²) >= 11 is 0.